The Bertz CT molecular complexity index is 163. The molecule has 2 saturated carbocycles. The van der Waals surface area contributed by atoms with Gasteiger partial charge in [-0.2, -0.15) is 0 Å². The molecule has 0 amide bonds. The van der Waals surface area contributed by atoms with Crippen LogP contribution < -0.4 is 0 Å². The van der Waals surface area contributed by atoms with Crippen molar-refractivity contribution in [2.75, 3.05) is 0 Å². The number of hydrogen-bond acceptors (Lipinski definition) is 0. The van der Waals surface area contributed by atoms with Gasteiger partial charge in [0.1, 0.15) is 0 Å². The first-order valence-electron chi connectivity index (χ1n) is 5.68. The normalized spacial score (nSPS) is 40.2. The minimum atomic E-state index is 0.698. The third-order valence-electron chi connectivity index (χ3n) is 4.49. The third kappa shape index (κ3) is 1.11. The van der Waals surface area contributed by atoms with E-state index in [1.54, 1.807) is 0 Å². The third-order valence-corrected chi connectivity index (χ3v) is 4.49. The van der Waals surface area contributed by atoms with Crippen molar-refractivity contribution in [3.8, 4) is 0 Å². The topological polar surface area (TPSA) is 0 Å². The van der Waals surface area contributed by atoms with E-state index in [-0.39, 0.29) is 0 Å². The quantitative estimate of drug-likeness (QED) is 0.584. The van der Waals surface area contributed by atoms with Gasteiger partial charge in [-0.1, -0.05) is 52.9 Å². The minimum absolute atomic E-state index is 0.698. The highest BCUT2D eigenvalue weighted by Gasteiger charge is 2.59. The van der Waals surface area contributed by atoms with Gasteiger partial charge in [-0.25, -0.2) is 0 Å². The maximum absolute atomic E-state index is 2.48. The Morgan fingerprint density at radius 2 is 1.75 bits per heavy atom. The molecule has 0 aromatic carbocycles. The lowest BCUT2D eigenvalue weighted by Crippen LogP contribution is -2.01. The molecule has 0 nitrogen and oxygen atoms in total. The average molecular weight is 166 g/mol. The van der Waals surface area contributed by atoms with Crippen molar-refractivity contribution in [3.05, 3.63) is 0 Å². The fourth-order valence-corrected chi connectivity index (χ4v) is 3.82. The molecule has 2 aliphatic rings. The first-order chi connectivity index (χ1) is 5.68. The molecule has 2 atom stereocenters. The molecule has 0 N–H and O–H groups in total. The maximum atomic E-state index is 2.48. The highest BCUT2D eigenvalue weighted by Crippen LogP contribution is 2.65. The molecule has 0 bridgehead atoms. The van der Waals surface area contributed by atoms with Crippen LogP contribution in [0.3, 0.4) is 0 Å². The van der Waals surface area contributed by atoms with Gasteiger partial charge in [0.05, 0.1) is 0 Å². The van der Waals surface area contributed by atoms with E-state index < -0.39 is 0 Å². The summed E-state index contributed by atoms with van der Waals surface area (Å²) in [7, 11) is 0. The zero-order chi connectivity index (χ0) is 8.77. The van der Waals surface area contributed by atoms with Gasteiger partial charge >= 0.3 is 0 Å². The van der Waals surface area contributed by atoms with Gasteiger partial charge in [-0.15, -0.1) is 0 Å². The SMILES string of the molecule is CCC1C(C2CCCC2)C1(C)C. The molecular formula is C12H22. The van der Waals surface area contributed by atoms with Crippen LogP contribution >= 0.6 is 0 Å². The summed E-state index contributed by atoms with van der Waals surface area (Å²) in [6.07, 6.45) is 7.49. The van der Waals surface area contributed by atoms with Gasteiger partial charge in [0, 0.05) is 0 Å². The van der Waals surface area contributed by atoms with Crippen LogP contribution in [0.2, 0.25) is 0 Å². The van der Waals surface area contributed by atoms with E-state index in [9.17, 15) is 0 Å². The molecule has 2 fully saturated rings. The molecule has 2 aliphatic carbocycles. The Kier molecular flexibility index (Phi) is 1.97. The lowest BCUT2D eigenvalue weighted by Gasteiger charge is -2.09. The van der Waals surface area contributed by atoms with Crippen molar-refractivity contribution >= 4 is 0 Å². The van der Waals surface area contributed by atoms with Crippen LogP contribution in [0.5, 0.6) is 0 Å². The monoisotopic (exact) mass is 166 g/mol. The summed E-state index contributed by atoms with van der Waals surface area (Å²) in [6, 6.07) is 0. The molecule has 0 aromatic heterocycles. The van der Waals surface area contributed by atoms with Gasteiger partial charge in [-0.3, -0.25) is 0 Å². The van der Waals surface area contributed by atoms with E-state index >= 15 is 0 Å². The fourth-order valence-electron chi connectivity index (χ4n) is 3.82. The standard InChI is InChI=1S/C12H22/c1-4-10-11(12(10,2)3)9-7-5-6-8-9/h9-11H,4-8H2,1-3H3. The van der Waals surface area contributed by atoms with Crippen molar-refractivity contribution in [3.63, 3.8) is 0 Å². The Morgan fingerprint density at radius 3 is 2.17 bits per heavy atom. The first-order valence-corrected chi connectivity index (χ1v) is 5.68. The van der Waals surface area contributed by atoms with Crippen LogP contribution in [-0.2, 0) is 0 Å². The van der Waals surface area contributed by atoms with Crippen LogP contribution in [0.4, 0.5) is 0 Å². The van der Waals surface area contributed by atoms with Crippen molar-refractivity contribution in [1.82, 2.24) is 0 Å². The Hall–Kier alpha value is 0. The highest BCUT2D eigenvalue weighted by molar-refractivity contribution is 5.07. The summed E-state index contributed by atoms with van der Waals surface area (Å²) in [5.74, 6) is 3.25. The second-order valence-corrected chi connectivity index (χ2v) is 5.41. The number of hydrogen-bond donors (Lipinski definition) is 0. The van der Waals surface area contributed by atoms with Crippen molar-refractivity contribution < 1.29 is 0 Å². The lowest BCUT2D eigenvalue weighted by atomic mass is 9.96. The molecular weight excluding hydrogens is 144 g/mol. The molecule has 12 heavy (non-hydrogen) atoms. The fraction of sp³-hybridized carbons (Fsp3) is 1.00. The van der Waals surface area contributed by atoms with Crippen molar-refractivity contribution in [2.45, 2.75) is 52.9 Å². The molecule has 0 saturated heterocycles. The minimum Gasteiger partial charge on any atom is -0.0651 e. The van der Waals surface area contributed by atoms with E-state index in [2.05, 4.69) is 20.8 Å². The van der Waals surface area contributed by atoms with Crippen molar-refractivity contribution in [2.24, 2.45) is 23.2 Å². The van der Waals surface area contributed by atoms with Crippen LogP contribution in [0.1, 0.15) is 52.9 Å². The highest BCUT2D eigenvalue weighted by atomic mass is 14.6. The number of rotatable bonds is 2. The molecule has 0 heterocycles. The molecule has 0 aromatic rings. The van der Waals surface area contributed by atoms with Gasteiger partial charge in [0.15, 0.2) is 0 Å². The van der Waals surface area contributed by atoms with E-state index in [0.29, 0.717) is 5.41 Å². The molecule has 70 valence electrons. The zero-order valence-corrected chi connectivity index (χ0v) is 8.77. The summed E-state index contributed by atoms with van der Waals surface area (Å²) in [5, 5.41) is 0. The van der Waals surface area contributed by atoms with Gasteiger partial charge < -0.3 is 0 Å². The Morgan fingerprint density at radius 1 is 1.17 bits per heavy atom. The van der Waals surface area contributed by atoms with E-state index in [0.717, 1.165) is 17.8 Å². The summed E-state index contributed by atoms with van der Waals surface area (Å²) in [6.45, 7) is 7.32. The summed E-state index contributed by atoms with van der Waals surface area (Å²) in [4.78, 5) is 0. The summed E-state index contributed by atoms with van der Waals surface area (Å²) < 4.78 is 0. The Labute approximate surface area is 76.7 Å². The molecule has 0 heteroatoms. The predicted octanol–water partition coefficient (Wildman–Crippen LogP) is 3.86. The van der Waals surface area contributed by atoms with E-state index in [1.807, 2.05) is 0 Å². The zero-order valence-electron chi connectivity index (χ0n) is 8.77. The second-order valence-electron chi connectivity index (χ2n) is 5.41. The predicted molar refractivity (Wildman–Crippen MR) is 53.0 cm³/mol. The largest absolute Gasteiger partial charge is 0.0651 e. The molecule has 0 spiro atoms. The smallest absolute Gasteiger partial charge is 0.0289 e. The van der Waals surface area contributed by atoms with E-state index in [4.69, 9.17) is 0 Å². The molecule has 2 unspecified atom stereocenters. The van der Waals surface area contributed by atoms with Crippen LogP contribution in [-0.4, -0.2) is 0 Å². The molecule has 0 aliphatic heterocycles. The van der Waals surface area contributed by atoms with Gasteiger partial charge in [-0.05, 0) is 23.2 Å². The maximum Gasteiger partial charge on any atom is -0.0289 e. The lowest BCUT2D eigenvalue weighted by molar-refractivity contribution is 0.401. The molecule has 0 radical (unpaired) electrons. The first kappa shape index (κ1) is 8.59. The van der Waals surface area contributed by atoms with E-state index in [1.165, 1.54) is 32.1 Å². The van der Waals surface area contributed by atoms with Crippen molar-refractivity contribution in [1.29, 1.82) is 0 Å². The summed E-state index contributed by atoms with van der Waals surface area (Å²) >= 11 is 0. The van der Waals surface area contributed by atoms with Crippen LogP contribution in [0.15, 0.2) is 0 Å². The average Bonchev–Trinajstić information content (AvgIpc) is 2.50. The van der Waals surface area contributed by atoms with Crippen LogP contribution in [0.25, 0.3) is 0 Å². The Balaban J connectivity index is 1.97. The van der Waals surface area contributed by atoms with Gasteiger partial charge in [0.25, 0.3) is 0 Å². The second kappa shape index (κ2) is 2.75. The molecule has 2 rings (SSSR count). The van der Waals surface area contributed by atoms with Crippen LogP contribution in [0, 0.1) is 23.2 Å². The summed E-state index contributed by atoms with van der Waals surface area (Å²) in [5.41, 5.74) is 0.698. The van der Waals surface area contributed by atoms with Gasteiger partial charge in [0.2, 0.25) is 0 Å².